The molecule has 1 atom stereocenters. The minimum atomic E-state index is -0.286. The van der Waals surface area contributed by atoms with E-state index in [9.17, 15) is 9.18 Å². The van der Waals surface area contributed by atoms with Gasteiger partial charge < -0.3 is 9.80 Å². The largest absolute Gasteiger partial charge is 0.368 e. The van der Waals surface area contributed by atoms with Crippen molar-refractivity contribution in [3.05, 3.63) is 64.4 Å². The van der Waals surface area contributed by atoms with Gasteiger partial charge in [-0.2, -0.15) is 0 Å². The maximum atomic E-state index is 13.3. The third-order valence-electron chi connectivity index (χ3n) is 6.01. The predicted molar refractivity (Wildman–Crippen MR) is 120 cm³/mol. The standard InChI is InChI=1S/C21H26B2ClFN2O/c1-15-2-5-17(24)12-19(15)26-8-10-27(11-9-26)20(28)13-21(23,14-22)16-3-6-18(25)7-4-16/h2-7,12H,8-11,13-14,22-23H2,1H3/t21-/m0/s1. The zero-order valence-corrected chi connectivity index (χ0v) is 17.6. The van der Waals surface area contributed by atoms with Crippen LogP contribution in [0.1, 0.15) is 17.5 Å². The van der Waals surface area contributed by atoms with Gasteiger partial charge in [0.1, 0.15) is 21.5 Å². The van der Waals surface area contributed by atoms with Crippen molar-refractivity contribution in [1.29, 1.82) is 0 Å². The molecule has 2 aromatic carbocycles. The van der Waals surface area contributed by atoms with Crippen LogP contribution in [0, 0.1) is 12.7 Å². The summed E-state index contributed by atoms with van der Waals surface area (Å²) in [6, 6.07) is 12.5. The minimum Gasteiger partial charge on any atom is -0.368 e. The molecule has 1 aliphatic heterocycles. The number of hydrogen-bond acceptors (Lipinski definition) is 2. The Kier molecular flexibility index (Phi) is 6.39. The van der Waals surface area contributed by atoms with Gasteiger partial charge in [-0.25, -0.2) is 4.39 Å². The van der Waals surface area contributed by atoms with Crippen LogP contribution in [0.15, 0.2) is 42.5 Å². The number of carbonyl (C=O) groups is 1. The maximum absolute atomic E-state index is 13.3. The molecule has 7 heteroatoms. The maximum Gasteiger partial charge on any atom is 0.222 e. The second-order valence-corrected chi connectivity index (χ2v) is 8.33. The lowest BCUT2D eigenvalue weighted by Gasteiger charge is -2.39. The Morgan fingerprint density at radius 1 is 1.14 bits per heavy atom. The zero-order chi connectivity index (χ0) is 20.3. The van der Waals surface area contributed by atoms with Gasteiger partial charge in [-0.15, -0.1) is 0 Å². The van der Waals surface area contributed by atoms with Crippen LogP contribution < -0.4 is 4.90 Å². The highest BCUT2D eigenvalue weighted by Crippen LogP contribution is 2.30. The molecule has 0 unspecified atom stereocenters. The number of benzene rings is 2. The SMILES string of the molecule is BC[C@@](B)(CC(=O)N1CCN(c2cc(Cl)ccc2C)CC1)c1ccc(F)cc1. The second kappa shape index (κ2) is 8.60. The number of rotatable bonds is 5. The first-order valence-corrected chi connectivity index (χ1v) is 10.2. The Hall–Kier alpha value is -1.94. The molecule has 0 saturated carbocycles. The van der Waals surface area contributed by atoms with Crippen molar-refractivity contribution in [2.24, 2.45) is 0 Å². The molecule has 1 aliphatic rings. The van der Waals surface area contributed by atoms with Crippen molar-refractivity contribution in [3.63, 3.8) is 0 Å². The van der Waals surface area contributed by atoms with Crippen LogP contribution in [0.3, 0.4) is 0 Å². The summed E-state index contributed by atoms with van der Waals surface area (Å²) in [5.41, 5.74) is 3.35. The van der Waals surface area contributed by atoms with Crippen LogP contribution >= 0.6 is 11.6 Å². The van der Waals surface area contributed by atoms with E-state index in [1.54, 1.807) is 12.1 Å². The van der Waals surface area contributed by atoms with Crippen LogP contribution in [-0.2, 0) is 10.1 Å². The molecule has 3 nitrogen and oxygen atoms in total. The number of nitrogens with zero attached hydrogens (tertiary/aromatic N) is 2. The molecule has 0 radical (unpaired) electrons. The lowest BCUT2D eigenvalue weighted by Crippen LogP contribution is -2.50. The summed E-state index contributed by atoms with van der Waals surface area (Å²) in [7, 11) is 4.17. The van der Waals surface area contributed by atoms with E-state index in [0.29, 0.717) is 19.5 Å². The van der Waals surface area contributed by atoms with E-state index in [2.05, 4.69) is 27.5 Å². The molecule has 1 heterocycles. The lowest BCUT2D eigenvalue weighted by atomic mass is 9.56. The molecule has 1 saturated heterocycles. The van der Waals surface area contributed by atoms with Gasteiger partial charge in [0.15, 0.2) is 0 Å². The third kappa shape index (κ3) is 4.54. The Morgan fingerprint density at radius 3 is 2.39 bits per heavy atom. The van der Waals surface area contributed by atoms with Crippen molar-refractivity contribution in [2.75, 3.05) is 31.1 Å². The van der Waals surface area contributed by atoms with Crippen LogP contribution in [0.25, 0.3) is 0 Å². The van der Waals surface area contributed by atoms with Gasteiger partial charge in [0.25, 0.3) is 0 Å². The van der Waals surface area contributed by atoms with Crippen LogP contribution in [0.5, 0.6) is 0 Å². The molecule has 1 amide bonds. The Morgan fingerprint density at radius 2 is 1.79 bits per heavy atom. The van der Waals surface area contributed by atoms with Crippen molar-refractivity contribution in [3.8, 4) is 0 Å². The third-order valence-corrected chi connectivity index (χ3v) is 6.24. The van der Waals surface area contributed by atoms with E-state index in [1.807, 2.05) is 23.1 Å². The summed E-state index contributed by atoms with van der Waals surface area (Å²) in [5.74, 6) is -0.0860. The van der Waals surface area contributed by atoms with Crippen molar-refractivity contribution >= 4 is 38.9 Å². The van der Waals surface area contributed by atoms with Gasteiger partial charge in [0.2, 0.25) is 5.91 Å². The molecule has 0 bridgehead atoms. The summed E-state index contributed by atoms with van der Waals surface area (Å²) in [5, 5.41) is 0.447. The molecule has 3 rings (SSSR count). The van der Waals surface area contributed by atoms with E-state index in [-0.39, 0.29) is 17.0 Å². The highest BCUT2D eigenvalue weighted by atomic mass is 35.5. The first-order valence-electron chi connectivity index (χ1n) is 9.87. The van der Waals surface area contributed by atoms with E-state index in [4.69, 9.17) is 11.6 Å². The summed E-state index contributed by atoms with van der Waals surface area (Å²) >= 11 is 6.16. The van der Waals surface area contributed by atoms with Gasteiger partial charge in [0, 0.05) is 43.3 Å². The summed E-state index contributed by atoms with van der Waals surface area (Å²) < 4.78 is 13.3. The number of anilines is 1. The molecule has 0 aromatic heterocycles. The second-order valence-electron chi connectivity index (χ2n) is 7.90. The molecule has 0 N–H and O–H groups in total. The topological polar surface area (TPSA) is 23.6 Å². The fraction of sp³-hybridized carbons (Fsp3) is 0.381. The summed E-state index contributed by atoms with van der Waals surface area (Å²) in [6.45, 7) is 5.08. The molecular formula is C21H26B2ClFN2O. The van der Waals surface area contributed by atoms with Crippen LogP contribution in [0.4, 0.5) is 10.1 Å². The van der Waals surface area contributed by atoms with Crippen molar-refractivity contribution < 1.29 is 9.18 Å². The van der Waals surface area contributed by atoms with Gasteiger partial charge in [-0.1, -0.05) is 36.1 Å². The number of hydrogen-bond donors (Lipinski definition) is 0. The van der Waals surface area contributed by atoms with E-state index < -0.39 is 0 Å². The Bertz CT molecular complexity index is 841. The predicted octanol–water partition coefficient (Wildman–Crippen LogP) is 2.41. The molecule has 0 aliphatic carbocycles. The fourth-order valence-electron chi connectivity index (χ4n) is 3.85. The van der Waals surface area contributed by atoms with Gasteiger partial charge in [-0.3, -0.25) is 4.79 Å². The first-order chi connectivity index (χ1) is 13.3. The van der Waals surface area contributed by atoms with Crippen molar-refractivity contribution in [1.82, 2.24) is 4.90 Å². The Balaban J connectivity index is 1.64. The molecule has 146 valence electrons. The van der Waals surface area contributed by atoms with E-state index in [0.717, 1.165) is 35.7 Å². The number of aryl methyl sites for hydroxylation is 1. The van der Waals surface area contributed by atoms with Crippen molar-refractivity contribution in [2.45, 2.75) is 25.0 Å². The molecule has 2 aromatic rings. The normalized spacial score (nSPS) is 16.7. The summed E-state index contributed by atoms with van der Waals surface area (Å²) in [6.07, 6.45) is 1.26. The van der Waals surface area contributed by atoms with Crippen LogP contribution in [0.2, 0.25) is 11.3 Å². The highest BCUT2D eigenvalue weighted by molar-refractivity contribution is 6.30. The molecular weight excluding hydrogens is 372 g/mol. The number of carbonyl (C=O) groups excluding carboxylic acids is 1. The van der Waals surface area contributed by atoms with E-state index in [1.165, 1.54) is 17.7 Å². The average molecular weight is 399 g/mol. The zero-order valence-electron chi connectivity index (χ0n) is 16.8. The molecule has 0 spiro atoms. The Labute approximate surface area is 173 Å². The highest BCUT2D eigenvalue weighted by Gasteiger charge is 2.31. The lowest BCUT2D eigenvalue weighted by molar-refractivity contribution is -0.132. The average Bonchev–Trinajstić information content (AvgIpc) is 2.70. The number of piperazine rings is 1. The number of halogens is 2. The smallest absolute Gasteiger partial charge is 0.222 e. The minimum absolute atomic E-state index is 0.163. The van der Waals surface area contributed by atoms with E-state index >= 15 is 0 Å². The molecule has 28 heavy (non-hydrogen) atoms. The van der Waals surface area contributed by atoms with Gasteiger partial charge >= 0.3 is 0 Å². The number of amides is 1. The van der Waals surface area contributed by atoms with Gasteiger partial charge in [0.05, 0.1) is 0 Å². The monoisotopic (exact) mass is 398 g/mol. The fourth-order valence-corrected chi connectivity index (χ4v) is 4.02. The molecule has 1 fully saturated rings. The van der Waals surface area contributed by atoms with Gasteiger partial charge in [-0.05, 0) is 47.6 Å². The quantitative estimate of drug-likeness (QED) is 0.722. The summed E-state index contributed by atoms with van der Waals surface area (Å²) in [4.78, 5) is 17.2. The first kappa shape index (κ1) is 20.8. The van der Waals surface area contributed by atoms with Crippen LogP contribution in [-0.4, -0.2) is 52.7 Å².